The van der Waals surface area contributed by atoms with E-state index in [-0.39, 0.29) is 18.6 Å². The number of nitrogens with zero attached hydrogens (tertiary/aromatic N) is 1. The number of benzene rings is 1. The monoisotopic (exact) mass is 370 g/mol. The maximum atomic E-state index is 12.0. The van der Waals surface area contributed by atoms with Crippen LogP contribution in [0.1, 0.15) is 39.2 Å². The fourth-order valence-electron chi connectivity index (χ4n) is 2.94. The minimum Gasteiger partial charge on any atom is -0.480 e. The maximum Gasteiger partial charge on any atom is 0.408 e. The predicted octanol–water partition coefficient (Wildman–Crippen LogP) is 3.05. The van der Waals surface area contributed by atoms with Gasteiger partial charge in [0.2, 0.25) is 0 Å². The number of alkyl carbamates (subject to hydrolysis) is 1. The van der Waals surface area contributed by atoms with E-state index in [1.54, 1.807) is 20.8 Å². The molecule has 0 radical (unpaired) electrons. The molecule has 1 aliphatic heterocycles. The molecule has 140 valence electrons. The molecule has 1 saturated heterocycles. The molecule has 2 rings (SSSR count). The maximum absolute atomic E-state index is 12.0. The van der Waals surface area contributed by atoms with E-state index in [1.165, 1.54) is 0 Å². The highest BCUT2D eigenvalue weighted by Crippen LogP contribution is 2.21. The Morgan fingerprint density at radius 2 is 1.96 bits per heavy atom. The Hall–Kier alpha value is -1.79. The number of carboxylic acid groups (broad SMARTS) is 1. The van der Waals surface area contributed by atoms with Gasteiger partial charge in [0.15, 0.2) is 0 Å². The Morgan fingerprint density at radius 1 is 1.32 bits per heavy atom. The number of hydrogen-bond donors (Lipinski definition) is 2. The summed E-state index contributed by atoms with van der Waals surface area (Å²) in [6.07, 6.45) is 1.15. The quantitative estimate of drug-likeness (QED) is 0.832. The number of halogens is 1. The minimum absolute atomic E-state index is 0. The zero-order valence-electron chi connectivity index (χ0n) is 14.9. The van der Waals surface area contributed by atoms with Gasteiger partial charge < -0.3 is 15.2 Å². The lowest BCUT2D eigenvalue weighted by molar-refractivity contribution is -0.144. The molecular formula is C18H27ClN2O4. The van der Waals surface area contributed by atoms with Gasteiger partial charge in [0.25, 0.3) is 0 Å². The van der Waals surface area contributed by atoms with Crippen LogP contribution in [0.2, 0.25) is 0 Å². The zero-order chi connectivity index (χ0) is 17.7. The molecule has 0 aromatic heterocycles. The number of carbonyl (C=O) groups is 2. The molecule has 0 saturated carbocycles. The molecule has 1 heterocycles. The first kappa shape index (κ1) is 21.3. The van der Waals surface area contributed by atoms with Crippen LogP contribution < -0.4 is 5.32 Å². The van der Waals surface area contributed by atoms with Crippen LogP contribution in [0.3, 0.4) is 0 Å². The SMILES string of the molecule is CC(C)(C)OC(=O)N[C@@H]1CCCN1C(Cc1ccccc1)C(=O)O.Cl. The molecule has 6 nitrogen and oxygen atoms in total. The number of nitrogens with one attached hydrogen (secondary N) is 1. The Labute approximate surface area is 154 Å². The second kappa shape index (κ2) is 9.06. The summed E-state index contributed by atoms with van der Waals surface area (Å²) in [6.45, 7) is 6.04. The standard InChI is InChI=1S/C18H26N2O4.ClH/c1-18(2,3)24-17(23)19-15-10-7-11-20(15)14(16(21)22)12-13-8-5-4-6-9-13;/h4-6,8-9,14-15H,7,10-12H2,1-3H3,(H,19,23)(H,21,22);1H/t14?,15-;/m0./s1. The van der Waals surface area contributed by atoms with Crippen molar-refractivity contribution in [2.45, 2.75) is 57.8 Å². The highest BCUT2D eigenvalue weighted by molar-refractivity contribution is 5.85. The van der Waals surface area contributed by atoms with Crippen molar-refractivity contribution in [1.82, 2.24) is 10.2 Å². The van der Waals surface area contributed by atoms with Gasteiger partial charge in [-0.2, -0.15) is 0 Å². The van der Waals surface area contributed by atoms with Crippen molar-refractivity contribution in [1.29, 1.82) is 0 Å². The largest absolute Gasteiger partial charge is 0.480 e. The van der Waals surface area contributed by atoms with Crippen LogP contribution in [0.5, 0.6) is 0 Å². The van der Waals surface area contributed by atoms with E-state index < -0.39 is 23.7 Å². The van der Waals surface area contributed by atoms with Gasteiger partial charge in [-0.15, -0.1) is 12.4 Å². The van der Waals surface area contributed by atoms with Crippen molar-refractivity contribution in [3.05, 3.63) is 35.9 Å². The molecule has 0 bridgehead atoms. The van der Waals surface area contributed by atoms with Crippen LogP contribution in [0.25, 0.3) is 0 Å². The van der Waals surface area contributed by atoms with Gasteiger partial charge in [-0.25, -0.2) is 4.79 Å². The molecule has 1 aromatic carbocycles. The zero-order valence-corrected chi connectivity index (χ0v) is 15.7. The van der Waals surface area contributed by atoms with Gasteiger partial charge in [0.1, 0.15) is 11.6 Å². The van der Waals surface area contributed by atoms with Gasteiger partial charge in [-0.3, -0.25) is 9.69 Å². The third-order valence-corrected chi connectivity index (χ3v) is 3.93. The number of aliphatic carboxylic acids is 1. The van der Waals surface area contributed by atoms with E-state index in [0.717, 1.165) is 18.4 Å². The third kappa shape index (κ3) is 6.55. The number of carboxylic acids is 1. The lowest BCUT2D eigenvalue weighted by Gasteiger charge is -2.31. The Morgan fingerprint density at radius 3 is 2.52 bits per heavy atom. The lowest BCUT2D eigenvalue weighted by Crippen LogP contribution is -2.53. The van der Waals surface area contributed by atoms with Crippen LogP contribution in [0.15, 0.2) is 30.3 Å². The average molecular weight is 371 g/mol. The lowest BCUT2D eigenvalue weighted by atomic mass is 10.0. The Kier molecular flexibility index (Phi) is 7.70. The molecule has 0 aliphatic carbocycles. The first-order chi connectivity index (χ1) is 11.3. The summed E-state index contributed by atoms with van der Waals surface area (Å²) in [7, 11) is 0. The second-order valence-corrected chi connectivity index (χ2v) is 7.09. The van der Waals surface area contributed by atoms with Gasteiger partial charge in [-0.05, 0) is 45.6 Å². The number of carbonyl (C=O) groups excluding carboxylic acids is 1. The summed E-state index contributed by atoms with van der Waals surface area (Å²) in [5.74, 6) is -0.878. The first-order valence-electron chi connectivity index (χ1n) is 8.28. The number of likely N-dealkylation sites (tertiary alicyclic amines) is 1. The van der Waals surface area contributed by atoms with Crippen molar-refractivity contribution in [3.8, 4) is 0 Å². The molecule has 1 aliphatic rings. The van der Waals surface area contributed by atoms with Gasteiger partial charge in [-0.1, -0.05) is 30.3 Å². The third-order valence-electron chi connectivity index (χ3n) is 3.93. The van der Waals surface area contributed by atoms with Crippen LogP contribution >= 0.6 is 12.4 Å². The molecule has 1 aromatic rings. The van der Waals surface area contributed by atoms with E-state index in [4.69, 9.17) is 4.74 Å². The van der Waals surface area contributed by atoms with Crippen molar-refractivity contribution in [3.63, 3.8) is 0 Å². The van der Waals surface area contributed by atoms with Crippen molar-refractivity contribution < 1.29 is 19.4 Å². The second-order valence-electron chi connectivity index (χ2n) is 7.09. The molecule has 2 atom stereocenters. The highest BCUT2D eigenvalue weighted by Gasteiger charge is 2.36. The van der Waals surface area contributed by atoms with Gasteiger partial charge >= 0.3 is 12.1 Å². The molecule has 0 spiro atoms. The summed E-state index contributed by atoms with van der Waals surface area (Å²) in [4.78, 5) is 25.6. The minimum atomic E-state index is -0.878. The average Bonchev–Trinajstić information content (AvgIpc) is 2.91. The molecule has 2 N–H and O–H groups in total. The van der Waals surface area contributed by atoms with E-state index in [0.29, 0.717) is 13.0 Å². The molecule has 1 fully saturated rings. The van der Waals surface area contributed by atoms with Crippen LogP contribution in [0.4, 0.5) is 4.79 Å². The fourth-order valence-corrected chi connectivity index (χ4v) is 2.94. The summed E-state index contributed by atoms with van der Waals surface area (Å²) in [6, 6.07) is 8.87. The molecular weight excluding hydrogens is 344 g/mol. The first-order valence-corrected chi connectivity index (χ1v) is 8.28. The molecule has 1 unspecified atom stereocenters. The normalized spacial score (nSPS) is 18.9. The topological polar surface area (TPSA) is 78.9 Å². The Balaban J connectivity index is 0.00000312. The number of ether oxygens (including phenoxy) is 1. The van der Waals surface area contributed by atoms with Crippen LogP contribution in [-0.2, 0) is 16.0 Å². The molecule has 7 heteroatoms. The number of amides is 1. The van der Waals surface area contributed by atoms with Crippen LogP contribution in [0, 0.1) is 0 Å². The van der Waals surface area contributed by atoms with Crippen LogP contribution in [-0.4, -0.2) is 46.4 Å². The van der Waals surface area contributed by atoms with E-state index >= 15 is 0 Å². The van der Waals surface area contributed by atoms with E-state index in [1.807, 2.05) is 35.2 Å². The molecule has 1 amide bonds. The smallest absolute Gasteiger partial charge is 0.408 e. The van der Waals surface area contributed by atoms with Gasteiger partial charge in [0.05, 0.1) is 6.17 Å². The summed E-state index contributed by atoms with van der Waals surface area (Å²) < 4.78 is 5.28. The highest BCUT2D eigenvalue weighted by atomic mass is 35.5. The summed E-state index contributed by atoms with van der Waals surface area (Å²) >= 11 is 0. The summed E-state index contributed by atoms with van der Waals surface area (Å²) in [5.41, 5.74) is 0.386. The number of hydrogen-bond acceptors (Lipinski definition) is 4. The fraction of sp³-hybridized carbons (Fsp3) is 0.556. The van der Waals surface area contributed by atoms with Crippen molar-refractivity contribution in [2.24, 2.45) is 0 Å². The van der Waals surface area contributed by atoms with Crippen molar-refractivity contribution in [2.75, 3.05) is 6.54 Å². The van der Waals surface area contributed by atoms with Crippen molar-refractivity contribution >= 4 is 24.5 Å². The van der Waals surface area contributed by atoms with E-state index in [9.17, 15) is 14.7 Å². The summed E-state index contributed by atoms with van der Waals surface area (Å²) in [5, 5.41) is 12.5. The van der Waals surface area contributed by atoms with Gasteiger partial charge in [0, 0.05) is 6.54 Å². The predicted molar refractivity (Wildman–Crippen MR) is 97.9 cm³/mol. The number of rotatable bonds is 5. The Bertz CT molecular complexity index is 574. The van der Waals surface area contributed by atoms with E-state index in [2.05, 4.69) is 5.32 Å². The molecule has 25 heavy (non-hydrogen) atoms.